The van der Waals surface area contributed by atoms with Gasteiger partial charge in [0.15, 0.2) is 0 Å². The summed E-state index contributed by atoms with van der Waals surface area (Å²) in [4.78, 5) is 25.9. The first-order chi connectivity index (χ1) is 9.47. The minimum atomic E-state index is -0.628. The van der Waals surface area contributed by atoms with Crippen molar-refractivity contribution < 1.29 is 9.72 Å². The molecular formula is C12H9ClN4O3. The minimum Gasteiger partial charge on any atom is -0.384 e. The lowest BCUT2D eigenvalue weighted by Gasteiger charge is -2.05. The number of hydrogen-bond acceptors (Lipinski definition) is 5. The molecule has 2 rings (SSSR count). The fourth-order valence-corrected chi connectivity index (χ4v) is 1.69. The summed E-state index contributed by atoms with van der Waals surface area (Å²) in [6.07, 6.45) is 0. The molecule has 0 unspecified atom stereocenters. The molecule has 0 aliphatic heterocycles. The van der Waals surface area contributed by atoms with Gasteiger partial charge in [0.1, 0.15) is 16.5 Å². The van der Waals surface area contributed by atoms with E-state index < -0.39 is 10.8 Å². The van der Waals surface area contributed by atoms with E-state index in [4.69, 9.17) is 17.3 Å². The second-order valence-electron chi connectivity index (χ2n) is 3.83. The van der Waals surface area contributed by atoms with Crippen LogP contribution in [0.5, 0.6) is 0 Å². The molecule has 8 heteroatoms. The second kappa shape index (κ2) is 5.54. The lowest BCUT2D eigenvalue weighted by Crippen LogP contribution is -2.14. The topological polar surface area (TPSA) is 111 Å². The number of nitrogens with one attached hydrogen (secondary N) is 1. The molecule has 1 aromatic carbocycles. The van der Waals surface area contributed by atoms with Crippen LogP contribution in [-0.4, -0.2) is 15.8 Å². The predicted molar refractivity (Wildman–Crippen MR) is 74.7 cm³/mol. The van der Waals surface area contributed by atoms with Crippen LogP contribution in [0.1, 0.15) is 10.5 Å². The summed E-state index contributed by atoms with van der Waals surface area (Å²) in [5.74, 6) is -0.311. The van der Waals surface area contributed by atoms with E-state index in [0.29, 0.717) is 0 Å². The van der Waals surface area contributed by atoms with Crippen molar-refractivity contribution >= 4 is 34.7 Å². The van der Waals surface area contributed by atoms with E-state index in [9.17, 15) is 14.9 Å². The van der Waals surface area contributed by atoms with Gasteiger partial charge in [-0.2, -0.15) is 0 Å². The monoisotopic (exact) mass is 292 g/mol. The highest BCUT2D eigenvalue weighted by Crippen LogP contribution is 2.27. The molecule has 0 atom stereocenters. The molecule has 1 heterocycles. The minimum absolute atomic E-state index is 0.00456. The molecule has 3 N–H and O–H groups in total. The van der Waals surface area contributed by atoms with Crippen LogP contribution in [0.4, 0.5) is 17.2 Å². The number of rotatable bonds is 3. The Kier molecular flexibility index (Phi) is 3.81. The molecule has 7 nitrogen and oxygen atoms in total. The van der Waals surface area contributed by atoms with Gasteiger partial charge >= 0.3 is 0 Å². The molecule has 1 amide bonds. The molecule has 0 radical (unpaired) electrons. The van der Waals surface area contributed by atoms with Crippen LogP contribution in [0.2, 0.25) is 5.02 Å². The van der Waals surface area contributed by atoms with Gasteiger partial charge in [-0.1, -0.05) is 17.7 Å². The molecule has 0 aliphatic rings. The van der Waals surface area contributed by atoms with Crippen molar-refractivity contribution in [2.75, 3.05) is 11.1 Å². The number of carbonyl (C=O) groups excluding carboxylic acids is 1. The number of halogens is 1. The first kappa shape index (κ1) is 13.8. The Morgan fingerprint density at radius 1 is 1.35 bits per heavy atom. The van der Waals surface area contributed by atoms with Gasteiger partial charge in [0.25, 0.3) is 11.6 Å². The normalized spacial score (nSPS) is 10.1. The third-order valence-corrected chi connectivity index (χ3v) is 2.72. The Morgan fingerprint density at radius 2 is 2.10 bits per heavy atom. The van der Waals surface area contributed by atoms with E-state index >= 15 is 0 Å². The standard InChI is InChI=1S/C12H9ClN4O3/c13-8-5-4-7(6-10(8)17(19)20)15-12(18)9-2-1-3-11(14)16-9/h1-6H,(H2,14,16)(H,15,18). The SMILES string of the molecule is Nc1cccc(C(=O)Nc2ccc(Cl)c([N+](=O)[O-])c2)n1. The van der Waals surface area contributed by atoms with Crippen molar-refractivity contribution in [1.82, 2.24) is 4.98 Å². The van der Waals surface area contributed by atoms with Crippen LogP contribution < -0.4 is 11.1 Å². The number of nitro groups is 1. The predicted octanol–water partition coefficient (Wildman–Crippen LogP) is 2.48. The second-order valence-corrected chi connectivity index (χ2v) is 4.23. The number of nitrogens with zero attached hydrogens (tertiary/aromatic N) is 2. The molecule has 1 aromatic heterocycles. The van der Waals surface area contributed by atoms with Crippen molar-refractivity contribution in [3.63, 3.8) is 0 Å². The zero-order valence-corrected chi connectivity index (χ0v) is 10.8. The van der Waals surface area contributed by atoms with Crippen molar-refractivity contribution in [3.8, 4) is 0 Å². The maximum atomic E-state index is 11.9. The van der Waals surface area contributed by atoms with Crippen molar-refractivity contribution in [2.45, 2.75) is 0 Å². The fourth-order valence-electron chi connectivity index (χ4n) is 1.50. The summed E-state index contributed by atoms with van der Waals surface area (Å²) in [5, 5.41) is 13.2. The largest absolute Gasteiger partial charge is 0.384 e. The van der Waals surface area contributed by atoms with Crippen LogP contribution in [0, 0.1) is 10.1 Å². The highest BCUT2D eigenvalue weighted by Gasteiger charge is 2.15. The van der Waals surface area contributed by atoms with Crippen LogP contribution in [0.3, 0.4) is 0 Å². The first-order valence-corrected chi connectivity index (χ1v) is 5.83. The Labute approximate surface area is 118 Å². The average Bonchev–Trinajstić information content (AvgIpc) is 2.40. The molecule has 0 saturated carbocycles. The van der Waals surface area contributed by atoms with E-state index in [1.54, 1.807) is 12.1 Å². The average molecular weight is 293 g/mol. The first-order valence-electron chi connectivity index (χ1n) is 5.45. The van der Waals surface area contributed by atoms with Crippen molar-refractivity contribution in [2.24, 2.45) is 0 Å². The van der Waals surface area contributed by atoms with Crippen molar-refractivity contribution in [3.05, 3.63) is 57.2 Å². The Hall–Kier alpha value is -2.67. The Morgan fingerprint density at radius 3 is 2.75 bits per heavy atom. The highest BCUT2D eigenvalue weighted by molar-refractivity contribution is 6.32. The van der Waals surface area contributed by atoms with Gasteiger partial charge in [-0.25, -0.2) is 4.98 Å². The van der Waals surface area contributed by atoms with Gasteiger partial charge in [0.05, 0.1) is 4.92 Å². The zero-order valence-electron chi connectivity index (χ0n) is 10.0. The van der Waals surface area contributed by atoms with Gasteiger partial charge in [-0.3, -0.25) is 14.9 Å². The van der Waals surface area contributed by atoms with Gasteiger partial charge in [0.2, 0.25) is 0 Å². The van der Waals surface area contributed by atoms with E-state index in [-0.39, 0.29) is 27.9 Å². The summed E-state index contributed by atoms with van der Waals surface area (Å²) in [7, 11) is 0. The molecule has 102 valence electrons. The lowest BCUT2D eigenvalue weighted by atomic mass is 10.2. The number of benzene rings is 1. The summed E-state index contributed by atoms with van der Waals surface area (Å²) in [6, 6.07) is 8.58. The summed E-state index contributed by atoms with van der Waals surface area (Å²) in [6.45, 7) is 0. The lowest BCUT2D eigenvalue weighted by molar-refractivity contribution is -0.384. The van der Waals surface area contributed by atoms with Gasteiger partial charge in [0, 0.05) is 11.8 Å². The zero-order chi connectivity index (χ0) is 14.7. The van der Waals surface area contributed by atoms with Gasteiger partial charge in [-0.05, 0) is 24.3 Å². The number of amides is 1. The maximum Gasteiger partial charge on any atom is 0.289 e. The number of anilines is 2. The van der Waals surface area contributed by atoms with Gasteiger partial charge in [-0.15, -0.1) is 0 Å². The summed E-state index contributed by atoms with van der Waals surface area (Å²) in [5.41, 5.74) is 5.55. The molecule has 2 aromatic rings. The van der Waals surface area contributed by atoms with E-state index in [2.05, 4.69) is 10.3 Å². The number of nitro benzene ring substituents is 1. The number of carbonyl (C=O) groups is 1. The maximum absolute atomic E-state index is 11.9. The molecule has 20 heavy (non-hydrogen) atoms. The molecule has 0 bridgehead atoms. The quantitative estimate of drug-likeness (QED) is 0.667. The van der Waals surface area contributed by atoms with E-state index in [1.807, 2.05) is 0 Å². The van der Waals surface area contributed by atoms with Crippen LogP contribution in [0.15, 0.2) is 36.4 Å². The third-order valence-electron chi connectivity index (χ3n) is 2.40. The molecular weight excluding hydrogens is 284 g/mol. The van der Waals surface area contributed by atoms with E-state index in [1.165, 1.54) is 24.3 Å². The van der Waals surface area contributed by atoms with Crippen LogP contribution >= 0.6 is 11.6 Å². The summed E-state index contributed by atoms with van der Waals surface area (Å²) < 4.78 is 0. The summed E-state index contributed by atoms with van der Waals surface area (Å²) >= 11 is 5.68. The number of pyridine rings is 1. The number of nitrogen functional groups attached to an aromatic ring is 1. The molecule has 0 aliphatic carbocycles. The number of nitrogens with two attached hydrogens (primary N) is 1. The van der Waals surface area contributed by atoms with E-state index in [0.717, 1.165) is 0 Å². The Balaban J connectivity index is 2.24. The number of hydrogen-bond donors (Lipinski definition) is 2. The van der Waals surface area contributed by atoms with Gasteiger partial charge < -0.3 is 11.1 Å². The number of aromatic nitrogens is 1. The highest BCUT2D eigenvalue weighted by atomic mass is 35.5. The van der Waals surface area contributed by atoms with Crippen LogP contribution in [-0.2, 0) is 0 Å². The molecule has 0 spiro atoms. The smallest absolute Gasteiger partial charge is 0.289 e. The molecule has 0 saturated heterocycles. The molecule has 0 fully saturated rings. The Bertz CT molecular complexity index is 690. The third kappa shape index (κ3) is 3.01. The van der Waals surface area contributed by atoms with Crippen LogP contribution in [0.25, 0.3) is 0 Å². The van der Waals surface area contributed by atoms with Crippen molar-refractivity contribution in [1.29, 1.82) is 0 Å². The fraction of sp³-hybridized carbons (Fsp3) is 0.